The molecule has 1 N–H and O–H groups in total. The zero-order valence-electron chi connectivity index (χ0n) is 10.8. The van der Waals surface area contributed by atoms with E-state index in [1.807, 2.05) is 0 Å². The average molecular weight is 247 g/mol. The number of nitrogens with zero attached hydrogens (tertiary/aromatic N) is 2. The summed E-state index contributed by atoms with van der Waals surface area (Å²) in [5.74, 6) is 5.01. The van der Waals surface area contributed by atoms with E-state index in [-0.39, 0.29) is 0 Å². The molecule has 0 radical (unpaired) electrons. The average Bonchev–Trinajstić information content (AvgIpc) is 2.83. The third-order valence-electron chi connectivity index (χ3n) is 4.96. The van der Waals surface area contributed by atoms with Gasteiger partial charge >= 0.3 is 0 Å². The first kappa shape index (κ1) is 11.0. The lowest BCUT2D eigenvalue weighted by Crippen LogP contribution is -2.16. The predicted octanol–water partition coefficient (Wildman–Crippen LogP) is 2.47. The van der Waals surface area contributed by atoms with Crippen molar-refractivity contribution in [3.63, 3.8) is 0 Å². The highest BCUT2D eigenvalue weighted by molar-refractivity contribution is 5.06. The van der Waals surface area contributed by atoms with E-state index in [0.29, 0.717) is 5.92 Å². The molecule has 0 spiro atoms. The zero-order chi connectivity index (χ0) is 11.9. The predicted molar refractivity (Wildman–Crippen MR) is 66.9 cm³/mol. The largest absolute Gasteiger partial charge is 0.338 e. The fourth-order valence-corrected chi connectivity index (χ4v) is 3.76. The Morgan fingerprint density at radius 1 is 1.17 bits per heavy atom. The second kappa shape index (κ2) is 4.34. The minimum absolute atomic E-state index is 0.588. The Morgan fingerprint density at radius 3 is 2.83 bits per heavy atom. The highest BCUT2D eigenvalue weighted by Crippen LogP contribution is 2.52. The molecule has 3 aliphatic carbocycles. The number of nitrogens with one attached hydrogen (secondary N) is 1. The first-order valence-electron chi connectivity index (χ1n) is 7.41. The first-order valence-corrected chi connectivity index (χ1v) is 7.41. The molecule has 4 heteroatoms. The molecule has 0 aliphatic heterocycles. The highest BCUT2D eigenvalue weighted by Gasteiger charge is 2.42. The van der Waals surface area contributed by atoms with Crippen molar-refractivity contribution < 1.29 is 4.52 Å². The molecule has 4 rings (SSSR count). The van der Waals surface area contributed by atoms with Crippen molar-refractivity contribution in [2.24, 2.45) is 17.8 Å². The fourth-order valence-electron chi connectivity index (χ4n) is 3.76. The van der Waals surface area contributed by atoms with Crippen LogP contribution in [0.2, 0.25) is 0 Å². The maximum atomic E-state index is 5.36. The molecule has 0 saturated heterocycles. The second-order valence-electron chi connectivity index (χ2n) is 6.40. The summed E-state index contributed by atoms with van der Waals surface area (Å²) in [5, 5.41) is 7.61. The van der Waals surface area contributed by atoms with Gasteiger partial charge in [0.25, 0.3) is 0 Å². The van der Waals surface area contributed by atoms with Gasteiger partial charge in [0, 0.05) is 5.92 Å². The normalized spacial score (nSPS) is 34.3. The van der Waals surface area contributed by atoms with E-state index >= 15 is 0 Å². The Kier molecular flexibility index (Phi) is 2.64. The van der Waals surface area contributed by atoms with E-state index in [0.717, 1.165) is 42.6 Å². The monoisotopic (exact) mass is 247 g/mol. The Bertz CT molecular complexity index is 426. The zero-order valence-corrected chi connectivity index (χ0v) is 10.8. The lowest BCUT2D eigenvalue weighted by Gasteiger charge is -2.17. The van der Waals surface area contributed by atoms with Crippen LogP contribution in [0.1, 0.15) is 56.2 Å². The number of rotatable bonds is 5. The minimum atomic E-state index is 0.588. The number of fused-ring (bicyclic) bond motifs is 2. The van der Waals surface area contributed by atoms with Crippen LogP contribution in [0.4, 0.5) is 0 Å². The van der Waals surface area contributed by atoms with Gasteiger partial charge in [-0.05, 0) is 56.4 Å². The summed E-state index contributed by atoms with van der Waals surface area (Å²) in [5.41, 5.74) is 0. The summed E-state index contributed by atoms with van der Waals surface area (Å²) in [6.07, 6.45) is 8.25. The molecule has 18 heavy (non-hydrogen) atoms. The molecule has 3 aliphatic rings. The summed E-state index contributed by atoms with van der Waals surface area (Å²) in [6, 6.07) is 0. The fraction of sp³-hybridized carbons (Fsp3) is 0.857. The van der Waals surface area contributed by atoms with Gasteiger partial charge in [-0.25, -0.2) is 0 Å². The van der Waals surface area contributed by atoms with Crippen LogP contribution in [-0.4, -0.2) is 16.7 Å². The van der Waals surface area contributed by atoms with Gasteiger partial charge in [-0.15, -0.1) is 0 Å². The molecule has 0 aromatic carbocycles. The van der Waals surface area contributed by atoms with Gasteiger partial charge in [0.15, 0.2) is 5.82 Å². The summed E-state index contributed by atoms with van der Waals surface area (Å²) >= 11 is 0. The van der Waals surface area contributed by atoms with E-state index in [2.05, 4.69) is 15.5 Å². The maximum Gasteiger partial charge on any atom is 0.240 e. The molecule has 4 nitrogen and oxygen atoms in total. The first-order chi connectivity index (χ1) is 8.88. The SMILES string of the molecule is C(NCC1CC1)c1nc(C2CC3CCC2C3)no1. The van der Waals surface area contributed by atoms with E-state index in [1.54, 1.807) is 0 Å². The van der Waals surface area contributed by atoms with Crippen LogP contribution < -0.4 is 5.32 Å². The van der Waals surface area contributed by atoms with Crippen LogP contribution in [0, 0.1) is 17.8 Å². The lowest BCUT2D eigenvalue weighted by atomic mass is 9.88. The molecule has 1 aromatic rings. The lowest BCUT2D eigenvalue weighted by molar-refractivity contribution is 0.345. The third kappa shape index (κ3) is 2.07. The van der Waals surface area contributed by atoms with E-state index in [9.17, 15) is 0 Å². The molecule has 98 valence electrons. The van der Waals surface area contributed by atoms with Crippen LogP contribution in [0.25, 0.3) is 0 Å². The van der Waals surface area contributed by atoms with Crippen LogP contribution in [-0.2, 0) is 6.54 Å². The van der Waals surface area contributed by atoms with Crippen molar-refractivity contribution in [3.05, 3.63) is 11.7 Å². The highest BCUT2D eigenvalue weighted by atomic mass is 16.5. The van der Waals surface area contributed by atoms with Crippen molar-refractivity contribution in [1.82, 2.24) is 15.5 Å². The van der Waals surface area contributed by atoms with Crippen molar-refractivity contribution in [2.45, 2.75) is 51.0 Å². The minimum Gasteiger partial charge on any atom is -0.338 e. The smallest absolute Gasteiger partial charge is 0.240 e. The van der Waals surface area contributed by atoms with Crippen LogP contribution in [0.3, 0.4) is 0 Å². The van der Waals surface area contributed by atoms with Crippen molar-refractivity contribution in [1.29, 1.82) is 0 Å². The van der Waals surface area contributed by atoms with Gasteiger partial charge in [-0.2, -0.15) is 4.98 Å². The molecule has 3 unspecified atom stereocenters. The molecule has 3 saturated carbocycles. The number of aromatic nitrogens is 2. The van der Waals surface area contributed by atoms with Crippen molar-refractivity contribution in [3.8, 4) is 0 Å². The van der Waals surface area contributed by atoms with E-state index in [1.165, 1.54) is 38.5 Å². The Morgan fingerprint density at radius 2 is 2.11 bits per heavy atom. The van der Waals surface area contributed by atoms with Gasteiger partial charge in [0.05, 0.1) is 6.54 Å². The number of hydrogen-bond donors (Lipinski definition) is 1. The van der Waals surface area contributed by atoms with Crippen molar-refractivity contribution in [2.75, 3.05) is 6.54 Å². The molecular formula is C14H21N3O. The van der Waals surface area contributed by atoms with Gasteiger partial charge in [-0.3, -0.25) is 0 Å². The summed E-state index contributed by atoms with van der Waals surface area (Å²) < 4.78 is 5.36. The van der Waals surface area contributed by atoms with E-state index in [4.69, 9.17) is 4.52 Å². The number of hydrogen-bond acceptors (Lipinski definition) is 4. The molecule has 1 aromatic heterocycles. The quantitative estimate of drug-likeness (QED) is 0.868. The van der Waals surface area contributed by atoms with Crippen LogP contribution in [0.5, 0.6) is 0 Å². The summed E-state index contributed by atoms with van der Waals surface area (Å²) in [4.78, 5) is 4.59. The Hall–Kier alpha value is -0.900. The van der Waals surface area contributed by atoms with Crippen LogP contribution >= 0.6 is 0 Å². The van der Waals surface area contributed by atoms with Gasteiger partial charge in [-0.1, -0.05) is 11.6 Å². The molecule has 3 fully saturated rings. The summed E-state index contributed by atoms with van der Waals surface area (Å²) in [6.45, 7) is 1.84. The second-order valence-corrected chi connectivity index (χ2v) is 6.40. The Balaban J connectivity index is 1.36. The Labute approximate surface area is 108 Å². The molecule has 2 bridgehead atoms. The third-order valence-corrected chi connectivity index (χ3v) is 4.96. The van der Waals surface area contributed by atoms with Gasteiger partial charge in [0.2, 0.25) is 5.89 Å². The summed E-state index contributed by atoms with van der Waals surface area (Å²) in [7, 11) is 0. The van der Waals surface area contributed by atoms with Crippen LogP contribution in [0.15, 0.2) is 4.52 Å². The topological polar surface area (TPSA) is 51.0 Å². The maximum absolute atomic E-state index is 5.36. The van der Waals surface area contributed by atoms with E-state index < -0.39 is 0 Å². The molecule has 1 heterocycles. The molecule has 3 atom stereocenters. The molecule has 0 amide bonds. The van der Waals surface area contributed by atoms with Gasteiger partial charge < -0.3 is 9.84 Å². The standard InChI is InChI=1S/C14H21N3O/c1-2-9(1)7-15-8-13-16-14(17-18-13)12-6-10-3-4-11(12)5-10/h9-12,15H,1-8H2. The molecular weight excluding hydrogens is 226 g/mol. The van der Waals surface area contributed by atoms with Crippen molar-refractivity contribution >= 4 is 0 Å². The van der Waals surface area contributed by atoms with Gasteiger partial charge in [0.1, 0.15) is 0 Å².